The fraction of sp³-hybridized carbons (Fsp3) is 0.320. The fourth-order valence-corrected chi connectivity index (χ4v) is 3.39. The van der Waals surface area contributed by atoms with Crippen molar-refractivity contribution in [2.24, 2.45) is 5.92 Å². The molecule has 188 valence electrons. The first kappa shape index (κ1) is 26.0. The number of ether oxygens (including phenoxy) is 2. The van der Waals surface area contributed by atoms with E-state index in [1.54, 1.807) is 30.4 Å². The Balaban J connectivity index is 1.98. The maximum absolute atomic E-state index is 11.4. The van der Waals surface area contributed by atoms with E-state index in [0.29, 0.717) is 11.1 Å². The third-order valence-electron chi connectivity index (χ3n) is 5.31. The summed E-state index contributed by atoms with van der Waals surface area (Å²) in [6.07, 6.45) is -2.41. The van der Waals surface area contributed by atoms with E-state index in [2.05, 4.69) is 0 Å². The lowest BCUT2D eigenvalue weighted by atomic mass is 9.99. The third-order valence-corrected chi connectivity index (χ3v) is 5.31. The van der Waals surface area contributed by atoms with Gasteiger partial charge in [0.15, 0.2) is 17.6 Å². The molecule has 0 amide bonds. The lowest BCUT2D eigenvalue weighted by Gasteiger charge is -2.38. The number of aliphatic hydroxyl groups excluding tert-OH is 3. The fourth-order valence-electron chi connectivity index (χ4n) is 3.39. The summed E-state index contributed by atoms with van der Waals surface area (Å²) in [6, 6.07) is 7.17. The molecule has 2 aromatic rings. The number of carbonyl (C=O) groups is 1. The zero-order valence-electron chi connectivity index (χ0n) is 19.0. The minimum atomic E-state index is -1.87. The second-order valence-electron chi connectivity index (χ2n) is 8.49. The number of benzene rings is 2. The van der Waals surface area contributed by atoms with E-state index >= 15 is 0 Å². The SMILES string of the molecule is CC(C)/C=C/c1c(O)cc(/C=C/c2ccc(O)c(O)c2)cc1O[C@@H]1OC(C(=O)O)[C@@H](O)C(O)C1O. The summed E-state index contributed by atoms with van der Waals surface area (Å²) in [5.74, 6) is -2.16. The zero-order chi connectivity index (χ0) is 25.9. The Morgan fingerprint density at radius 2 is 1.54 bits per heavy atom. The average Bonchev–Trinajstić information content (AvgIpc) is 2.79. The van der Waals surface area contributed by atoms with Crippen LogP contribution >= 0.6 is 0 Å². The van der Waals surface area contributed by atoms with E-state index in [-0.39, 0.29) is 34.5 Å². The van der Waals surface area contributed by atoms with Crippen LogP contribution in [0.1, 0.15) is 30.5 Å². The molecule has 2 aromatic carbocycles. The number of aromatic hydroxyl groups is 3. The number of aliphatic carboxylic acids is 1. The van der Waals surface area contributed by atoms with Gasteiger partial charge >= 0.3 is 5.97 Å². The van der Waals surface area contributed by atoms with Crippen LogP contribution in [0.25, 0.3) is 18.2 Å². The quantitative estimate of drug-likeness (QED) is 0.225. The molecule has 0 spiro atoms. The molecular weight excluding hydrogens is 460 g/mol. The van der Waals surface area contributed by atoms with Crippen molar-refractivity contribution in [2.45, 2.75) is 44.6 Å². The van der Waals surface area contributed by atoms with Crippen LogP contribution in [0, 0.1) is 5.92 Å². The van der Waals surface area contributed by atoms with Gasteiger partial charge in [-0.3, -0.25) is 0 Å². The van der Waals surface area contributed by atoms with Gasteiger partial charge in [-0.15, -0.1) is 0 Å². The molecule has 10 heteroatoms. The monoisotopic (exact) mass is 488 g/mol. The molecule has 5 atom stereocenters. The second-order valence-corrected chi connectivity index (χ2v) is 8.49. The number of allylic oxidation sites excluding steroid dienone is 1. The van der Waals surface area contributed by atoms with Crippen molar-refractivity contribution in [3.63, 3.8) is 0 Å². The Hall–Kier alpha value is -3.57. The molecular formula is C25H28O10. The van der Waals surface area contributed by atoms with Crippen LogP contribution in [-0.2, 0) is 9.53 Å². The van der Waals surface area contributed by atoms with Crippen LogP contribution in [0.15, 0.2) is 36.4 Å². The maximum atomic E-state index is 11.4. The average molecular weight is 488 g/mol. The Bertz CT molecular complexity index is 1120. The van der Waals surface area contributed by atoms with Crippen molar-refractivity contribution in [2.75, 3.05) is 0 Å². The highest BCUT2D eigenvalue weighted by atomic mass is 16.7. The van der Waals surface area contributed by atoms with Crippen LogP contribution in [-0.4, -0.2) is 72.4 Å². The van der Waals surface area contributed by atoms with Crippen molar-refractivity contribution >= 4 is 24.2 Å². The topological polar surface area (TPSA) is 177 Å². The van der Waals surface area contributed by atoms with Gasteiger partial charge in [-0.1, -0.05) is 44.2 Å². The Morgan fingerprint density at radius 3 is 2.17 bits per heavy atom. The number of phenols is 3. The van der Waals surface area contributed by atoms with Crippen LogP contribution in [0.5, 0.6) is 23.0 Å². The number of rotatable bonds is 7. The molecule has 1 aliphatic heterocycles. The van der Waals surface area contributed by atoms with Crippen LogP contribution in [0.3, 0.4) is 0 Å². The predicted octanol–water partition coefficient (Wildman–Crippen LogP) is 1.91. The highest BCUT2D eigenvalue weighted by Gasteiger charge is 2.48. The first-order chi connectivity index (χ1) is 16.5. The van der Waals surface area contributed by atoms with E-state index in [1.165, 1.54) is 24.3 Å². The maximum Gasteiger partial charge on any atom is 0.335 e. The molecule has 35 heavy (non-hydrogen) atoms. The standard InChI is InChI=1S/C25H28O10/c1-12(2)3-7-15-17(27)10-14(5-4-13-6-8-16(26)18(28)9-13)11-19(15)34-25-22(31)20(29)21(30)23(35-25)24(32)33/h3-12,20-23,25-31H,1-2H3,(H,32,33)/b5-4+,7-3+/t20?,21-,22?,23?,25+/m0/s1. The van der Waals surface area contributed by atoms with E-state index in [4.69, 9.17) is 9.47 Å². The highest BCUT2D eigenvalue weighted by Crippen LogP contribution is 2.35. The normalized spacial score (nSPS) is 24.9. The minimum absolute atomic E-state index is 0.0203. The Kier molecular flexibility index (Phi) is 8.03. The van der Waals surface area contributed by atoms with Crippen LogP contribution in [0.4, 0.5) is 0 Å². The van der Waals surface area contributed by atoms with Crippen molar-refractivity contribution in [1.29, 1.82) is 0 Å². The van der Waals surface area contributed by atoms with Crippen molar-refractivity contribution < 1.29 is 50.0 Å². The third kappa shape index (κ3) is 6.11. The Morgan fingerprint density at radius 1 is 0.886 bits per heavy atom. The molecule has 0 saturated carbocycles. The molecule has 1 fully saturated rings. The van der Waals surface area contributed by atoms with Crippen LogP contribution < -0.4 is 4.74 Å². The number of carboxylic acid groups (broad SMARTS) is 1. The van der Waals surface area contributed by atoms with Crippen molar-refractivity contribution in [3.05, 3.63) is 53.1 Å². The van der Waals surface area contributed by atoms with E-state index in [1.807, 2.05) is 13.8 Å². The summed E-state index contributed by atoms with van der Waals surface area (Å²) < 4.78 is 10.9. The summed E-state index contributed by atoms with van der Waals surface area (Å²) in [5, 5.41) is 69.4. The van der Waals surface area contributed by atoms with Gasteiger partial charge in [0.1, 0.15) is 29.8 Å². The Labute approximate surface area is 201 Å². The smallest absolute Gasteiger partial charge is 0.335 e. The second kappa shape index (κ2) is 10.8. The number of aliphatic hydroxyl groups is 3. The van der Waals surface area contributed by atoms with E-state index in [0.717, 1.165) is 0 Å². The molecule has 1 saturated heterocycles. The molecule has 1 heterocycles. The van der Waals surface area contributed by atoms with Gasteiger partial charge in [0.05, 0.1) is 5.56 Å². The summed E-state index contributed by atoms with van der Waals surface area (Å²) in [4.78, 5) is 11.4. The zero-order valence-corrected chi connectivity index (χ0v) is 19.0. The van der Waals surface area contributed by atoms with Gasteiger partial charge in [-0.05, 0) is 41.3 Å². The first-order valence-electron chi connectivity index (χ1n) is 10.8. The molecule has 7 N–H and O–H groups in total. The minimum Gasteiger partial charge on any atom is -0.507 e. The van der Waals surface area contributed by atoms with Gasteiger partial charge in [-0.25, -0.2) is 4.79 Å². The van der Waals surface area contributed by atoms with E-state index < -0.39 is 36.7 Å². The van der Waals surface area contributed by atoms with Gasteiger partial charge in [0, 0.05) is 0 Å². The van der Waals surface area contributed by atoms with Gasteiger partial charge in [0.2, 0.25) is 6.29 Å². The lowest BCUT2D eigenvalue weighted by molar-refractivity contribution is -0.271. The molecule has 0 aromatic heterocycles. The summed E-state index contributed by atoms with van der Waals surface area (Å²) in [5.41, 5.74) is 1.22. The van der Waals surface area contributed by atoms with Crippen LogP contribution in [0.2, 0.25) is 0 Å². The molecule has 3 rings (SSSR count). The molecule has 1 aliphatic rings. The van der Waals surface area contributed by atoms with Crippen molar-refractivity contribution in [3.8, 4) is 23.0 Å². The number of hydrogen-bond donors (Lipinski definition) is 7. The van der Waals surface area contributed by atoms with Crippen molar-refractivity contribution in [1.82, 2.24) is 0 Å². The van der Waals surface area contributed by atoms with E-state index in [9.17, 15) is 40.5 Å². The molecule has 0 radical (unpaired) electrons. The first-order valence-corrected chi connectivity index (χ1v) is 10.8. The molecule has 3 unspecified atom stereocenters. The van der Waals surface area contributed by atoms with Gasteiger partial charge in [-0.2, -0.15) is 0 Å². The summed E-state index contributed by atoms with van der Waals surface area (Å²) >= 11 is 0. The van der Waals surface area contributed by atoms with Gasteiger partial charge < -0.3 is 45.2 Å². The highest BCUT2D eigenvalue weighted by molar-refractivity contribution is 5.75. The number of hydrogen-bond acceptors (Lipinski definition) is 9. The molecule has 0 aliphatic carbocycles. The number of carboxylic acids is 1. The summed E-state index contributed by atoms with van der Waals surface area (Å²) in [6.45, 7) is 3.84. The predicted molar refractivity (Wildman–Crippen MR) is 126 cm³/mol. The van der Waals surface area contributed by atoms with Gasteiger partial charge in [0.25, 0.3) is 0 Å². The summed E-state index contributed by atoms with van der Waals surface area (Å²) in [7, 11) is 0. The molecule has 10 nitrogen and oxygen atoms in total. The molecule has 0 bridgehead atoms. The number of phenolic OH excluding ortho intramolecular Hbond substituents is 3. The largest absolute Gasteiger partial charge is 0.507 e. The lowest BCUT2D eigenvalue weighted by Crippen LogP contribution is -2.61.